The van der Waals surface area contributed by atoms with Gasteiger partial charge < -0.3 is 5.32 Å². The lowest BCUT2D eigenvalue weighted by atomic mass is 10.2. The lowest BCUT2D eigenvalue weighted by molar-refractivity contribution is 0.489. The standard InChI is InChI=1S/C13H20N2O2S/c16-18(17,13-7-9-14-10-8-13)15-11-6-12-4-2-1-3-5-12/h1-5,13-15H,6-11H2. The van der Waals surface area contributed by atoms with Crippen LogP contribution in [0.4, 0.5) is 0 Å². The Morgan fingerprint density at radius 1 is 1.17 bits per heavy atom. The highest BCUT2D eigenvalue weighted by atomic mass is 32.2. The molecule has 0 spiro atoms. The Balaban J connectivity index is 1.82. The molecule has 18 heavy (non-hydrogen) atoms. The summed E-state index contributed by atoms with van der Waals surface area (Å²) in [5.74, 6) is 0. The van der Waals surface area contributed by atoms with Gasteiger partial charge in [-0.25, -0.2) is 13.1 Å². The Hall–Kier alpha value is -0.910. The molecule has 4 nitrogen and oxygen atoms in total. The molecule has 5 heteroatoms. The summed E-state index contributed by atoms with van der Waals surface area (Å²) in [5.41, 5.74) is 1.16. The summed E-state index contributed by atoms with van der Waals surface area (Å²) in [5, 5.41) is 2.95. The number of benzene rings is 1. The largest absolute Gasteiger partial charge is 0.317 e. The number of piperidine rings is 1. The Morgan fingerprint density at radius 3 is 2.50 bits per heavy atom. The molecule has 0 saturated carbocycles. The number of hydrogen-bond donors (Lipinski definition) is 2. The van der Waals surface area contributed by atoms with Gasteiger partial charge in [0.2, 0.25) is 10.0 Å². The van der Waals surface area contributed by atoms with Crippen molar-refractivity contribution in [3.8, 4) is 0 Å². The molecule has 1 fully saturated rings. The molecule has 1 aliphatic heterocycles. The fraction of sp³-hybridized carbons (Fsp3) is 0.538. The van der Waals surface area contributed by atoms with Crippen LogP contribution >= 0.6 is 0 Å². The van der Waals surface area contributed by atoms with Gasteiger partial charge >= 0.3 is 0 Å². The molecule has 2 rings (SSSR count). The molecule has 0 amide bonds. The first-order valence-electron chi connectivity index (χ1n) is 6.41. The van der Waals surface area contributed by atoms with Crippen molar-refractivity contribution in [2.45, 2.75) is 24.5 Å². The summed E-state index contributed by atoms with van der Waals surface area (Å²) in [6.45, 7) is 2.07. The van der Waals surface area contributed by atoms with E-state index in [9.17, 15) is 8.42 Å². The van der Waals surface area contributed by atoms with E-state index in [0.717, 1.165) is 25.1 Å². The molecule has 1 aliphatic rings. The van der Waals surface area contributed by atoms with Crippen molar-refractivity contribution in [2.24, 2.45) is 0 Å². The zero-order valence-corrected chi connectivity index (χ0v) is 11.2. The van der Waals surface area contributed by atoms with Crippen LogP contribution in [0, 0.1) is 0 Å². The van der Waals surface area contributed by atoms with Crippen LogP contribution in [0.3, 0.4) is 0 Å². The predicted octanol–water partition coefficient (Wildman–Crippen LogP) is 0.900. The maximum atomic E-state index is 12.0. The molecule has 0 bridgehead atoms. The van der Waals surface area contributed by atoms with Crippen LogP contribution in [0.1, 0.15) is 18.4 Å². The normalized spacial score (nSPS) is 17.8. The average molecular weight is 268 g/mol. The molecular formula is C13H20N2O2S. The second-order valence-electron chi connectivity index (χ2n) is 4.62. The maximum Gasteiger partial charge on any atom is 0.214 e. The van der Waals surface area contributed by atoms with Gasteiger partial charge in [-0.2, -0.15) is 0 Å². The Bertz CT molecular complexity index is 453. The topological polar surface area (TPSA) is 58.2 Å². The Kier molecular flexibility index (Phi) is 4.74. The molecule has 1 aromatic rings. The molecule has 2 N–H and O–H groups in total. The fourth-order valence-corrected chi connectivity index (χ4v) is 3.68. The van der Waals surface area contributed by atoms with Crippen LogP contribution in [-0.4, -0.2) is 33.3 Å². The molecule has 0 atom stereocenters. The lowest BCUT2D eigenvalue weighted by Gasteiger charge is -2.22. The summed E-state index contributed by atoms with van der Waals surface area (Å²) in [6, 6.07) is 9.92. The third-order valence-corrected chi connectivity index (χ3v) is 5.24. The molecule has 1 aromatic carbocycles. The van der Waals surface area contributed by atoms with E-state index in [4.69, 9.17) is 0 Å². The van der Waals surface area contributed by atoms with Crippen LogP contribution in [-0.2, 0) is 16.4 Å². The quantitative estimate of drug-likeness (QED) is 0.834. The van der Waals surface area contributed by atoms with Gasteiger partial charge in [0.05, 0.1) is 5.25 Å². The van der Waals surface area contributed by atoms with Gasteiger partial charge in [-0.05, 0) is 37.9 Å². The molecular weight excluding hydrogens is 248 g/mol. The first-order chi connectivity index (χ1) is 8.68. The zero-order chi connectivity index (χ0) is 12.8. The van der Waals surface area contributed by atoms with E-state index in [1.807, 2.05) is 30.3 Å². The van der Waals surface area contributed by atoms with Crippen molar-refractivity contribution in [2.75, 3.05) is 19.6 Å². The van der Waals surface area contributed by atoms with Gasteiger partial charge in [0.15, 0.2) is 0 Å². The van der Waals surface area contributed by atoms with E-state index in [2.05, 4.69) is 10.0 Å². The number of rotatable bonds is 5. The predicted molar refractivity (Wildman–Crippen MR) is 73.0 cm³/mol. The summed E-state index contributed by atoms with van der Waals surface area (Å²) >= 11 is 0. The first-order valence-corrected chi connectivity index (χ1v) is 7.96. The van der Waals surface area contributed by atoms with Gasteiger partial charge in [0.25, 0.3) is 0 Å². The summed E-state index contributed by atoms with van der Waals surface area (Å²) in [7, 11) is -3.14. The van der Waals surface area contributed by atoms with Crippen LogP contribution in [0.5, 0.6) is 0 Å². The minimum Gasteiger partial charge on any atom is -0.317 e. The van der Waals surface area contributed by atoms with Crippen LogP contribution < -0.4 is 10.0 Å². The summed E-state index contributed by atoms with van der Waals surface area (Å²) in [6.07, 6.45) is 2.16. The Labute approximate surface area is 109 Å². The highest BCUT2D eigenvalue weighted by molar-refractivity contribution is 7.90. The van der Waals surface area contributed by atoms with E-state index in [1.54, 1.807) is 0 Å². The SMILES string of the molecule is O=S(=O)(NCCc1ccccc1)C1CCNCC1. The van der Waals surface area contributed by atoms with Gasteiger partial charge in [-0.3, -0.25) is 0 Å². The van der Waals surface area contributed by atoms with Crippen molar-refractivity contribution in [3.05, 3.63) is 35.9 Å². The minimum absolute atomic E-state index is 0.227. The molecule has 100 valence electrons. The molecule has 0 aliphatic carbocycles. The highest BCUT2D eigenvalue weighted by Gasteiger charge is 2.26. The van der Waals surface area contributed by atoms with E-state index < -0.39 is 10.0 Å². The van der Waals surface area contributed by atoms with Crippen molar-refractivity contribution in [3.63, 3.8) is 0 Å². The van der Waals surface area contributed by atoms with Crippen molar-refractivity contribution >= 4 is 10.0 Å². The summed E-state index contributed by atoms with van der Waals surface area (Å²) < 4.78 is 26.8. The van der Waals surface area contributed by atoms with Gasteiger partial charge in [0, 0.05) is 6.54 Å². The molecule has 0 unspecified atom stereocenters. The number of sulfonamides is 1. The molecule has 0 aromatic heterocycles. The van der Waals surface area contributed by atoms with Gasteiger partial charge in [-0.1, -0.05) is 30.3 Å². The van der Waals surface area contributed by atoms with Crippen molar-refractivity contribution in [1.29, 1.82) is 0 Å². The van der Waals surface area contributed by atoms with E-state index >= 15 is 0 Å². The monoisotopic (exact) mass is 268 g/mol. The van der Waals surface area contributed by atoms with Crippen LogP contribution in [0.25, 0.3) is 0 Å². The minimum atomic E-state index is -3.14. The Morgan fingerprint density at radius 2 is 1.83 bits per heavy atom. The first kappa shape index (κ1) is 13.5. The molecule has 1 heterocycles. The third-order valence-electron chi connectivity index (χ3n) is 3.28. The molecule has 1 saturated heterocycles. The highest BCUT2D eigenvalue weighted by Crippen LogP contribution is 2.11. The fourth-order valence-electron chi connectivity index (χ4n) is 2.21. The van der Waals surface area contributed by atoms with Crippen molar-refractivity contribution < 1.29 is 8.42 Å². The third kappa shape index (κ3) is 3.80. The van der Waals surface area contributed by atoms with Crippen LogP contribution in [0.2, 0.25) is 0 Å². The lowest BCUT2D eigenvalue weighted by Crippen LogP contribution is -2.42. The second-order valence-corrected chi connectivity index (χ2v) is 6.67. The van der Waals surface area contributed by atoms with Crippen LogP contribution in [0.15, 0.2) is 30.3 Å². The smallest absolute Gasteiger partial charge is 0.214 e. The zero-order valence-electron chi connectivity index (χ0n) is 10.4. The summed E-state index contributed by atoms with van der Waals surface area (Å²) in [4.78, 5) is 0. The molecule has 0 radical (unpaired) electrons. The number of hydrogen-bond acceptors (Lipinski definition) is 3. The number of nitrogens with one attached hydrogen (secondary N) is 2. The van der Waals surface area contributed by atoms with Gasteiger partial charge in [0.1, 0.15) is 0 Å². The van der Waals surface area contributed by atoms with E-state index in [0.29, 0.717) is 19.4 Å². The average Bonchev–Trinajstić information content (AvgIpc) is 2.41. The second kappa shape index (κ2) is 6.31. The van der Waals surface area contributed by atoms with E-state index in [1.165, 1.54) is 0 Å². The van der Waals surface area contributed by atoms with Gasteiger partial charge in [-0.15, -0.1) is 0 Å². The maximum absolute atomic E-state index is 12.0. The van der Waals surface area contributed by atoms with Crippen molar-refractivity contribution in [1.82, 2.24) is 10.0 Å². The van der Waals surface area contributed by atoms with E-state index in [-0.39, 0.29) is 5.25 Å².